The Kier molecular flexibility index (Phi) is 6.30. The van der Waals surface area contributed by atoms with Gasteiger partial charge in [-0.15, -0.1) is 0 Å². The number of benzene rings is 3. The number of aromatic nitrogens is 1. The summed E-state index contributed by atoms with van der Waals surface area (Å²) in [7, 11) is 0. The second kappa shape index (κ2) is 9.27. The molecule has 0 amide bonds. The summed E-state index contributed by atoms with van der Waals surface area (Å²) in [5, 5.41) is 7.07. The van der Waals surface area contributed by atoms with Crippen molar-refractivity contribution in [2.45, 2.75) is 19.7 Å². The van der Waals surface area contributed by atoms with E-state index >= 15 is 0 Å². The summed E-state index contributed by atoms with van der Waals surface area (Å²) in [5.74, 6) is 0.821. The van der Waals surface area contributed by atoms with Gasteiger partial charge in [0.1, 0.15) is 12.4 Å². The quantitative estimate of drug-likeness (QED) is 0.373. The lowest BCUT2D eigenvalue weighted by atomic mass is 10.0. The Bertz CT molecular complexity index is 1100. The summed E-state index contributed by atoms with van der Waals surface area (Å²) in [6.07, 6.45) is 3.60. The van der Waals surface area contributed by atoms with Crippen LogP contribution in [0.1, 0.15) is 16.7 Å². The first-order valence-corrected chi connectivity index (χ1v) is 10.1. The summed E-state index contributed by atoms with van der Waals surface area (Å²) in [6.45, 7) is 1.74. The molecular formula is C24H20Cl2N2O. The highest BCUT2D eigenvalue weighted by atomic mass is 35.5. The van der Waals surface area contributed by atoms with E-state index in [-0.39, 0.29) is 0 Å². The van der Waals surface area contributed by atoms with Crippen LogP contribution >= 0.6 is 23.2 Å². The van der Waals surface area contributed by atoms with E-state index < -0.39 is 0 Å². The molecule has 0 atom stereocenters. The third-order valence-corrected chi connectivity index (χ3v) is 5.52. The third-order valence-electron chi connectivity index (χ3n) is 4.81. The maximum Gasteiger partial charge on any atom is 0.124 e. The summed E-state index contributed by atoms with van der Waals surface area (Å²) in [4.78, 5) is 4.06. The molecule has 5 heteroatoms. The van der Waals surface area contributed by atoms with Crippen molar-refractivity contribution in [3.8, 4) is 5.75 Å². The zero-order chi connectivity index (χ0) is 20.1. The van der Waals surface area contributed by atoms with Crippen LogP contribution in [0.15, 0.2) is 79.1 Å². The Morgan fingerprint density at radius 3 is 2.31 bits per heavy atom. The van der Waals surface area contributed by atoms with Crippen LogP contribution in [0.5, 0.6) is 5.75 Å². The maximum atomic E-state index is 6.30. The Labute approximate surface area is 180 Å². The SMILES string of the molecule is Clc1cccc(Cl)c1COc1ccc2ccccc2c1CNCc1ccncc1. The number of halogens is 2. The highest BCUT2D eigenvalue weighted by molar-refractivity contribution is 6.35. The lowest BCUT2D eigenvalue weighted by molar-refractivity contribution is 0.303. The minimum atomic E-state index is 0.314. The molecule has 0 aliphatic heterocycles. The number of nitrogens with one attached hydrogen (secondary N) is 1. The summed E-state index contributed by atoms with van der Waals surface area (Å²) in [5.41, 5.74) is 3.09. The van der Waals surface area contributed by atoms with Crippen molar-refractivity contribution in [3.05, 3.63) is 106 Å². The first kappa shape index (κ1) is 19.7. The molecule has 3 aromatic carbocycles. The van der Waals surface area contributed by atoms with Gasteiger partial charge in [-0.2, -0.15) is 0 Å². The molecule has 0 fully saturated rings. The molecule has 0 spiro atoms. The molecule has 0 saturated heterocycles. The number of hydrogen-bond acceptors (Lipinski definition) is 3. The van der Waals surface area contributed by atoms with Gasteiger partial charge in [-0.3, -0.25) is 4.98 Å². The lowest BCUT2D eigenvalue weighted by Crippen LogP contribution is -2.14. The van der Waals surface area contributed by atoms with E-state index in [2.05, 4.69) is 28.5 Å². The molecule has 1 aromatic heterocycles. The van der Waals surface area contributed by atoms with E-state index in [1.165, 1.54) is 10.9 Å². The molecule has 1 N–H and O–H groups in total. The van der Waals surface area contributed by atoms with Gasteiger partial charge in [0.2, 0.25) is 0 Å². The van der Waals surface area contributed by atoms with Crippen molar-refractivity contribution in [2.75, 3.05) is 0 Å². The predicted octanol–water partition coefficient (Wildman–Crippen LogP) is 6.41. The first-order chi connectivity index (χ1) is 14.2. The van der Waals surface area contributed by atoms with Gasteiger partial charge in [0.15, 0.2) is 0 Å². The molecule has 0 saturated carbocycles. The predicted molar refractivity (Wildman–Crippen MR) is 120 cm³/mol. The van der Waals surface area contributed by atoms with E-state index in [9.17, 15) is 0 Å². The molecule has 4 aromatic rings. The zero-order valence-corrected chi connectivity index (χ0v) is 17.3. The van der Waals surface area contributed by atoms with Crippen molar-refractivity contribution in [1.29, 1.82) is 0 Å². The van der Waals surface area contributed by atoms with Gasteiger partial charge < -0.3 is 10.1 Å². The summed E-state index contributed by atoms with van der Waals surface area (Å²) in [6, 6.07) is 21.9. The van der Waals surface area contributed by atoms with Gasteiger partial charge in [-0.1, -0.05) is 59.6 Å². The Morgan fingerprint density at radius 2 is 1.52 bits per heavy atom. The molecular weight excluding hydrogens is 403 g/mol. The highest BCUT2D eigenvalue weighted by Crippen LogP contribution is 2.31. The number of pyridine rings is 1. The topological polar surface area (TPSA) is 34.1 Å². The van der Waals surface area contributed by atoms with Crippen molar-refractivity contribution in [2.24, 2.45) is 0 Å². The second-order valence-corrected chi connectivity index (χ2v) is 7.53. The highest BCUT2D eigenvalue weighted by Gasteiger charge is 2.11. The molecule has 3 nitrogen and oxygen atoms in total. The molecule has 0 aliphatic carbocycles. The third kappa shape index (κ3) is 4.70. The molecule has 4 rings (SSSR count). The van der Waals surface area contributed by atoms with E-state index in [0.29, 0.717) is 23.2 Å². The minimum absolute atomic E-state index is 0.314. The Hall–Kier alpha value is -2.59. The zero-order valence-electron chi connectivity index (χ0n) is 15.7. The lowest BCUT2D eigenvalue weighted by Gasteiger charge is -2.16. The average Bonchev–Trinajstić information content (AvgIpc) is 2.75. The molecule has 0 radical (unpaired) electrons. The fourth-order valence-electron chi connectivity index (χ4n) is 3.29. The fourth-order valence-corrected chi connectivity index (χ4v) is 3.79. The van der Waals surface area contributed by atoms with Crippen LogP contribution in [-0.4, -0.2) is 4.98 Å². The average molecular weight is 423 g/mol. The molecule has 0 aliphatic rings. The van der Waals surface area contributed by atoms with E-state index in [1.807, 2.05) is 48.5 Å². The van der Waals surface area contributed by atoms with Crippen LogP contribution in [0.25, 0.3) is 10.8 Å². The molecule has 0 unspecified atom stereocenters. The fraction of sp³-hybridized carbons (Fsp3) is 0.125. The minimum Gasteiger partial charge on any atom is -0.488 e. The molecule has 0 bridgehead atoms. The van der Waals surface area contributed by atoms with Gasteiger partial charge >= 0.3 is 0 Å². The first-order valence-electron chi connectivity index (χ1n) is 9.38. The number of rotatable bonds is 7. The smallest absolute Gasteiger partial charge is 0.124 e. The van der Waals surface area contributed by atoms with Crippen molar-refractivity contribution >= 4 is 34.0 Å². The number of fused-ring (bicyclic) bond motifs is 1. The normalized spacial score (nSPS) is 11.0. The van der Waals surface area contributed by atoms with Crippen LogP contribution in [0.3, 0.4) is 0 Å². The Balaban J connectivity index is 1.58. The standard InChI is InChI=1S/C24H20Cl2N2O/c25-22-6-3-7-23(26)21(22)16-29-24-9-8-18-4-1-2-5-19(18)20(24)15-28-14-17-10-12-27-13-11-17/h1-13,28H,14-16H2. The number of hydrogen-bond donors (Lipinski definition) is 1. The van der Waals surface area contributed by atoms with Crippen molar-refractivity contribution < 1.29 is 4.74 Å². The van der Waals surface area contributed by atoms with Crippen LogP contribution in [0.4, 0.5) is 0 Å². The van der Waals surface area contributed by atoms with Gasteiger partial charge in [-0.05, 0) is 46.7 Å². The molecule has 29 heavy (non-hydrogen) atoms. The van der Waals surface area contributed by atoms with E-state index in [1.54, 1.807) is 12.4 Å². The van der Waals surface area contributed by atoms with Gasteiger partial charge in [-0.25, -0.2) is 0 Å². The van der Waals surface area contributed by atoms with Crippen LogP contribution < -0.4 is 10.1 Å². The molecule has 1 heterocycles. The number of ether oxygens (including phenoxy) is 1. The summed E-state index contributed by atoms with van der Waals surface area (Å²) >= 11 is 12.6. The van der Waals surface area contributed by atoms with Crippen molar-refractivity contribution in [1.82, 2.24) is 10.3 Å². The molecule has 146 valence electrons. The van der Waals surface area contributed by atoms with Crippen molar-refractivity contribution in [3.63, 3.8) is 0 Å². The monoisotopic (exact) mass is 422 g/mol. The van der Waals surface area contributed by atoms with Gasteiger partial charge in [0.25, 0.3) is 0 Å². The maximum absolute atomic E-state index is 6.30. The van der Waals surface area contributed by atoms with Crippen LogP contribution in [-0.2, 0) is 19.7 Å². The van der Waals surface area contributed by atoms with Crippen LogP contribution in [0.2, 0.25) is 10.0 Å². The van der Waals surface area contributed by atoms with Gasteiger partial charge in [0.05, 0.1) is 0 Å². The Morgan fingerprint density at radius 1 is 0.759 bits per heavy atom. The summed E-state index contributed by atoms with van der Waals surface area (Å²) < 4.78 is 6.18. The van der Waals surface area contributed by atoms with E-state index in [4.69, 9.17) is 27.9 Å². The second-order valence-electron chi connectivity index (χ2n) is 6.71. The number of nitrogens with zero attached hydrogens (tertiary/aromatic N) is 1. The largest absolute Gasteiger partial charge is 0.488 e. The van der Waals surface area contributed by atoms with E-state index in [0.717, 1.165) is 28.8 Å². The van der Waals surface area contributed by atoms with Crippen LogP contribution in [0, 0.1) is 0 Å². The van der Waals surface area contributed by atoms with Gasteiger partial charge in [0, 0.05) is 46.7 Å².